The molecule has 1 aromatic rings. The zero-order valence-corrected chi connectivity index (χ0v) is 11.2. The van der Waals surface area contributed by atoms with Crippen LogP contribution in [0.4, 0.5) is 0 Å². The van der Waals surface area contributed by atoms with Crippen LogP contribution in [0.2, 0.25) is 0 Å². The molecule has 2 heterocycles. The van der Waals surface area contributed by atoms with Crippen molar-refractivity contribution in [1.29, 1.82) is 0 Å². The largest absolute Gasteiger partial charge is 0.469 e. The molecule has 2 unspecified atom stereocenters. The second-order valence-corrected chi connectivity index (χ2v) is 5.05. The van der Waals surface area contributed by atoms with Crippen LogP contribution in [-0.4, -0.2) is 31.2 Å². The molecular formula is C12H15BrN2O2. The molecule has 17 heavy (non-hydrogen) atoms. The van der Waals surface area contributed by atoms with Gasteiger partial charge in [0.2, 0.25) is 0 Å². The minimum absolute atomic E-state index is 0.0880. The van der Waals surface area contributed by atoms with Gasteiger partial charge in [-0.25, -0.2) is 0 Å². The van der Waals surface area contributed by atoms with Gasteiger partial charge in [0.05, 0.1) is 13.0 Å². The molecule has 0 bridgehead atoms. The molecule has 92 valence electrons. The maximum atomic E-state index is 11.7. The van der Waals surface area contributed by atoms with Gasteiger partial charge in [0.25, 0.3) is 0 Å². The summed E-state index contributed by atoms with van der Waals surface area (Å²) in [6.45, 7) is 1.63. The highest BCUT2D eigenvalue weighted by atomic mass is 79.9. The summed E-state index contributed by atoms with van der Waals surface area (Å²) in [4.78, 5) is 16.1. The topological polar surface area (TPSA) is 51.2 Å². The van der Waals surface area contributed by atoms with Gasteiger partial charge in [-0.15, -0.1) is 0 Å². The number of nitrogens with one attached hydrogen (secondary N) is 1. The zero-order chi connectivity index (χ0) is 12.3. The number of carbonyl (C=O) groups is 1. The average molecular weight is 299 g/mol. The second kappa shape index (κ2) is 5.60. The third kappa shape index (κ3) is 2.84. The van der Waals surface area contributed by atoms with E-state index in [0.717, 1.165) is 29.7 Å². The van der Waals surface area contributed by atoms with Crippen LogP contribution in [-0.2, 0) is 9.53 Å². The lowest BCUT2D eigenvalue weighted by Gasteiger charge is -2.29. The van der Waals surface area contributed by atoms with Crippen LogP contribution in [0, 0.1) is 5.92 Å². The quantitative estimate of drug-likeness (QED) is 0.845. The first-order chi connectivity index (χ1) is 8.22. The molecule has 2 atom stereocenters. The minimum Gasteiger partial charge on any atom is -0.469 e. The molecule has 1 fully saturated rings. The summed E-state index contributed by atoms with van der Waals surface area (Å²) in [5.41, 5.74) is 0.941. The summed E-state index contributed by atoms with van der Waals surface area (Å²) >= 11 is 3.36. The minimum atomic E-state index is -0.138. The van der Waals surface area contributed by atoms with Crippen LogP contribution in [0.5, 0.6) is 0 Å². The molecule has 0 saturated carbocycles. The van der Waals surface area contributed by atoms with E-state index in [1.54, 1.807) is 6.20 Å². The number of aromatic nitrogens is 1. The Kier molecular flexibility index (Phi) is 4.12. The van der Waals surface area contributed by atoms with Crippen molar-refractivity contribution >= 4 is 21.9 Å². The summed E-state index contributed by atoms with van der Waals surface area (Å²) in [6.07, 6.45) is 2.56. The Hall–Kier alpha value is -0.940. The van der Waals surface area contributed by atoms with E-state index in [9.17, 15) is 4.79 Å². The van der Waals surface area contributed by atoms with Gasteiger partial charge in [-0.3, -0.25) is 9.78 Å². The molecule has 5 heteroatoms. The molecule has 1 N–H and O–H groups in total. The molecule has 0 spiro atoms. The van der Waals surface area contributed by atoms with Crippen molar-refractivity contribution in [2.24, 2.45) is 5.92 Å². The molecule has 0 radical (unpaired) electrons. The van der Waals surface area contributed by atoms with E-state index in [-0.39, 0.29) is 17.8 Å². The van der Waals surface area contributed by atoms with Crippen LogP contribution >= 0.6 is 15.9 Å². The summed E-state index contributed by atoms with van der Waals surface area (Å²) in [7, 11) is 1.44. The van der Waals surface area contributed by atoms with E-state index in [2.05, 4.69) is 26.2 Å². The molecule has 1 aliphatic rings. The van der Waals surface area contributed by atoms with Crippen LogP contribution in [0.3, 0.4) is 0 Å². The Morgan fingerprint density at radius 1 is 1.59 bits per heavy atom. The summed E-state index contributed by atoms with van der Waals surface area (Å²) in [5.74, 6) is -0.125. The third-order valence-electron chi connectivity index (χ3n) is 3.12. The van der Waals surface area contributed by atoms with E-state index >= 15 is 0 Å². The molecule has 1 aromatic heterocycles. The predicted octanol–water partition coefficient (Wildman–Crippen LogP) is 1.71. The Morgan fingerprint density at radius 3 is 3.06 bits per heavy atom. The normalized spacial score (nSPS) is 24.4. The lowest BCUT2D eigenvalue weighted by Crippen LogP contribution is -2.39. The van der Waals surface area contributed by atoms with Gasteiger partial charge in [0.15, 0.2) is 0 Å². The smallest absolute Gasteiger partial charge is 0.309 e. The van der Waals surface area contributed by atoms with E-state index < -0.39 is 0 Å². The van der Waals surface area contributed by atoms with Gasteiger partial charge in [0.1, 0.15) is 0 Å². The van der Waals surface area contributed by atoms with E-state index in [1.807, 2.05) is 12.1 Å². The van der Waals surface area contributed by atoms with Gasteiger partial charge in [-0.2, -0.15) is 0 Å². The van der Waals surface area contributed by atoms with E-state index in [4.69, 9.17) is 4.74 Å². The lowest BCUT2D eigenvalue weighted by atomic mass is 9.84. The van der Waals surface area contributed by atoms with E-state index in [1.165, 1.54) is 7.11 Å². The highest BCUT2D eigenvalue weighted by Crippen LogP contribution is 2.29. The van der Waals surface area contributed by atoms with Gasteiger partial charge in [-0.1, -0.05) is 0 Å². The molecule has 1 saturated heterocycles. The molecule has 2 rings (SSSR count). The molecule has 0 amide bonds. The number of nitrogens with zero attached hydrogens (tertiary/aromatic N) is 1. The second-order valence-electron chi connectivity index (χ2n) is 4.13. The van der Waals surface area contributed by atoms with Gasteiger partial charge >= 0.3 is 5.97 Å². The van der Waals surface area contributed by atoms with E-state index in [0.29, 0.717) is 0 Å². The fourth-order valence-electron chi connectivity index (χ4n) is 2.21. The fourth-order valence-corrected chi connectivity index (χ4v) is 2.44. The molecule has 0 aliphatic carbocycles. The van der Waals surface area contributed by atoms with Crippen molar-refractivity contribution in [2.75, 3.05) is 20.2 Å². The highest BCUT2D eigenvalue weighted by molar-refractivity contribution is 9.10. The number of ether oxygens (including phenoxy) is 1. The van der Waals surface area contributed by atoms with Crippen LogP contribution in [0.15, 0.2) is 22.8 Å². The lowest BCUT2D eigenvalue weighted by molar-refractivity contribution is -0.147. The number of carbonyl (C=O) groups excluding carboxylic acids is 1. The number of esters is 1. The zero-order valence-electron chi connectivity index (χ0n) is 9.65. The SMILES string of the molecule is COC(=O)C1CCNCC1c1ccc(Br)cn1. The summed E-state index contributed by atoms with van der Waals surface area (Å²) in [6, 6.07) is 3.91. The standard InChI is InChI=1S/C12H15BrN2O2/c1-17-12(16)9-4-5-14-7-10(9)11-3-2-8(13)6-15-11/h2-3,6,9-10,14H,4-5,7H2,1H3. The molecule has 1 aliphatic heterocycles. The van der Waals surface area contributed by atoms with Crippen LogP contribution < -0.4 is 5.32 Å². The average Bonchev–Trinajstić information content (AvgIpc) is 2.39. The predicted molar refractivity (Wildman–Crippen MR) is 67.7 cm³/mol. The van der Waals surface area contributed by atoms with Gasteiger partial charge < -0.3 is 10.1 Å². The Labute approximate surface area is 109 Å². The molecule has 0 aromatic carbocycles. The van der Waals surface area contributed by atoms with Crippen molar-refractivity contribution < 1.29 is 9.53 Å². The molecule has 4 nitrogen and oxygen atoms in total. The third-order valence-corrected chi connectivity index (χ3v) is 3.59. The molecular weight excluding hydrogens is 284 g/mol. The number of pyridine rings is 1. The van der Waals surface area contributed by atoms with Gasteiger partial charge in [0, 0.05) is 28.8 Å². The number of halogens is 1. The van der Waals surface area contributed by atoms with Crippen molar-refractivity contribution in [3.05, 3.63) is 28.5 Å². The van der Waals surface area contributed by atoms with Crippen molar-refractivity contribution in [3.63, 3.8) is 0 Å². The van der Waals surface area contributed by atoms with Crippen LogP contribution in [0.1, 0.15) is 18.0 Å². The Balaban J connectivity index is 2.21. The summed E-state index contributed by atoms with van der Waals surface area (Å²) in [5, 5.41) is 3.30. The first-order valence-corrected chi connectivity index (χ1v) is 6.41. The maximum absolute atomic E-state index is 11.7. The first kappa shape index (κ1) is 12.5. The van der Waals surface area contributed by atoms with Crippen molar-refractivity contribution in [2.45, 2.75) is 12.3 Å². The van der Waals surface area contributed by atoms with Crippen LogP contribution in [0.25, 0.3) is 0 Å². The summed E-state index contributed by atoms with van der Waals surface area (Å²) < 4.78 is 5.81. The Bertz CT molecular complexity index is 394. The highest BCUT2D eigenvalue weighted by Gasteiger charge is 2.33. The maximum Gasteiger partial charge on any atom is 0.309 e. The van der Waals surface area contributed by atoms with Crippen molar-refractivity contribution in [1.82, 2.24) is 10.3 Å². The Morgan fingerprint density at radius 2 is 2.41 bits per heavy atom. The van der Waals surface area contributed by atoms with Gasteiger partial charge in [-0.05, 0) is 41.0 Å². The number of piperidine rings is 1. The number of rotatable bonds is 2. The monoisotopic (exact) mass is 298 g/mol. The number of methoxy groups -OCH3 is 1. The number of hydrogen-bond donors (Lipinski definition) is 1. The van der Waals surface area contributed by atoms with Crippen molar-refractivity contribution in [3.8, 4) is 0 Å². The first-order valence-electron chi connectivity index (χ1n) is 5.62. The number of hydrogen-bond acceptors (Lipinski definition) is 4. The fraction of sp³-hybridized carbons (Fsp3) is 0.500.